The number of nitrogens with one attached hydrogen (secondary N) is 1. The van der Waals surface area contributed by atoms with E-state index in [0.717, 1.165) is 18.4 Å². The highest BCUT2D eigenvalue weighted by Crippen LogP contribution is 2.35. The molecule has 0 aliphatic rings. The zero-order valence-electron chi connectivity index (χ0n) is 18.8. The molecule has 0 fully saturated rings. The summed E-state index contributed by atoms with van der Waals surface area (Å²) >= 11 is 0. The highest BCUT2D eigenvalue weighted by molar-refractivity contribution is 5.92. The number of para-hydroxylation sites is 1. The summed E-state index contributed by atoms with van der Waals surface area (Å²) in [5.41, 5.74) is 0.556. The summed E-state index contributed by atoms with van der Waals surface area (Å²) in [5.74, 6) is 1.74. The van der Waals surface area contributed by atoms with E-state index < -0.39 is 6.09 Å². The quantitative estimate of drug-likeness (QED) is 0.507. The van der Waals surface area contributed by atoms with Gasteiger partial charge in [-0.2, -0.15) is 0 Å². The molecule has 170 valence electrons. The SMILES string of the molecule is CCCCNC(=O)Oc1cn(Cc2ccccc2OC)c(=O)c2cc(OC)c(OC)cc12. The molecule has 0 spiro atoms. The van der Waals surface area contributed by atoms with Crippen LogP contribution in [0.5, 0.6) is 23.0 Å². The van der Waals surface area contributed by atoms with Crippen LogP contribution in [0.15, 0.2) is 47.4 Å². The van der Waals surface area contributed by atoms with Crippen LogP contribution < -0.4 is 29.8 Å². The fourth-order valence-electron chi connectivity index (χ4n) is 3.40. The number of unbranched alkanes of at least 4 members (excludes halogenated alkanes) is 1. The largest absolute Gasteiger partial charge is 0.496 e. The standard InChI is InChI=1S/C24H28N2O6/c1-5-6-11-25-24(28)32-22-15-26(14-16-9-7-8-10-19(16)29-2)23(27)18-13-21(31-4)20(30-3)12-17(18)22/h7-10,12-13,15H,5-6,11,14H2,1-4H3,(H,25,28). The van der Waals surface area contributed by atoms with Crippen molar-refractivity contribution in [3.63, 3.8) is 0 Å². The number of methoxy groups -OCH3 is 3. The molecular weight excluding hydrogens is 412 g/mol. The number of nitrogens with zero attached hydrogens (tertiary/aromatic N) is 1. The Hall–Kier alpha value is -3.68. The second-order valence-corrected chi connectivity index (χ2v) is 7.16. The summed E-state index contributed by atoms with van der Waals surface area (Å²) in [7, 11) is 4.58. The van der Waals surface area contributed by atoms with Crippen molar-refractivity contribution in [1.29, 1.82) is 0 Å². The average molecular weight is 440 g/mol. The van der Waals surface area contributed by atoms with Crippen LogP contribution in [0.2, 0.25) is 0 Å². The van der Waals surface area contributed by atoms with Crippen molar-refractivity contribution in [2.24, 2.45) is 0 Å². The number of hydrogen-bond acceptors (Lipinski definition) is 6. The van der Waals surface area contributed by atoms with E-state index in [9.17, 15) is 9.59 Å². The van der Waals surface area contributed by atoms with E-state index in [1.54, 1.807) is 19.2 Å². The monoisotopic (exact) mass is 440 g/mol. The van der Waals surface area contributed by atoms with Gasteiger partial charge < -0.3 is 28.8 Å². The smallest absolute Gasteiger partial charge is 0.412 e. The van der Waals surface area contributed by atoms with Crippen LogP contribution in [0.1, 0.15) is 25.3 Å². The summed E-state index contributed by atoms with van der Waals surface area (Å²) in [4.78, 5) is 25.7. The molecule has 0 aliphatic carbocycles. The van der Waals surface area contributed by atoms with Gasteiger partial charge in [-0.1, -0.05) is 31.5 Å². The van der Waals surface area contributed by atoms with Crippen molar-refractivity contribution in [1.82, 2.24) is 9.88 Å². The summed E-state index contributed by atoms with van der Waals surface area (Å²) in [5, 5.41) is 3.52. The van der Waals surface area contributed by atoms with Crippen LogP contribution in [0.25, 0.3) is 10.8 Å². The first-order valence-electron chi connectivity index (χ1n) is 10.4. The molecule has 0 bridgehead atoms. The van der Waals surface area contributed by atoms with E-state index in [2.05, 4.69) is 5.32 Å². The van der Waals surface area contributed by atoms with Gasteiger partial charge in [-0.05, 0) is 24.6 Å². The number of benzene rings is 2. The van der Waals surface area contributed by atoms with Gasteiger partial charge in [-0.3, -0.25) is 4.79 Å². The fourth-order valence-corrected chi connectivity index (χ4v) is 3.40. The van der Waals surface area contributed by atoms with Gasteiger partial charge in [-0.25, -0.2) is 4.79 Å². The summed E-state index contributed by atoms with van der Waals surface area (Å²) < 4.78 is 23.2. The summed E-state index contributed by atoms with van der Waals surface area (Å²) in [6, 6.07) is 10.7. The normalized spacial score (nSPS) is 10.6. The lowest BCUT2D eigenvalue weighted by atomic mass is 10.1. The molecule has 0 atom stereocenters. The minimum atomic E-state index is -0.586. The number of pyridine rings is 1. The maximum absolute atomic E-state index is 13.3. The Morgan fingerprint density at radius 2 is 1.59 bits per heavy atom. The molecule has 3 rings (SSSR count). The summed E-state index contributed by atoms with van der Waals surface area (Å²) in [6.07, 6.45) is 2.73. The lowest BCUT2D eigenvalue weighted by molar-refractivity contribution is 0.200. The van der Waals surface area contributed by atoms with Crippen LogP contribution in [0.3, 0.4) is 0 Å². The molecule has 0 saturated heterocycles. The van der Waals surface area contributed by atoms with Crippen LogP contribution >= 0.6 is 0 Å². The van der Waals surface area contributed by atoms with Gasteiger partial charge in [0.2, 0.25) is 0 Å². The van der Waals surface area contributed by atoms with Gasteiger partial charge in [0.15, 0.2) is 17.2 Å². The van der Waals surface area contributed by atoms with E-state index in [4.69, 9.17) is 18.9 Å². The van der Waals surface area contributed by atoms with Gasteiger partial charge in [0, 0.05) is 17.5 Å². The number of hydrogen-bond donors (Lipinski definition) is 1. The topological polar surface area (TPSA) is 88.0 Å². The molecule has 3 aromatic rings. The Bertz CT molecular complexity index is 1160. The average Bonchev–Trinajstić information content (AvgIpc) is 2.81. The first-order chi connectivity index (χ1) is 15.5. The second kappa shape index (κ2) is 10.6. The Morgan fingerprint density at radius 3 is 2.25 bits per heavy atom. The molecule has 2 aromatic carbocycles. The molecule has 1 amide bonds. The minimum Gasteiger partial charge on any atom is -0.496 e. The number of carbonyl (C=O) groups excluding carboxylic acids is 1. The molecule has 0 unspecified atom stereocenters. The van der Waals surface area contributed by atoms with Crippen molar-refractivity contribution in [3.05, 3.63) is 58.5 Å². The number of aromatic nitrogens is 1. The highest BCUT2D eigenvalue weighted by atomic mass is 16.6. The van der Waals surface area contributed by atoms with Crippen LogP contribution in [-0.4, -0.2) is 38.5 Å². The Morgan fingerprint density at radius 1 is 0.938 bits per heavy atom. The Kier molecular flexibility index (Phi) is 7.59. The van der Waals surface area contributed by atoms with Crippen molar-refractivity contribution >= 4 is 16.9 Å². The zero-order chi connectivity index (χ0) is 23.1. The predicted molar refractivity (Wildman–Crippen MR) is 122 cm³/mol. The van der Waals surface area contributed by atoms with Crippen LogP contribution in [0.4, 0.5) is 4.79 Å². The predicted octanol–water partition coefficient (Wildman–Crippen LogP) is 3.96. The third-order valence-electron chi connectivity index (χ3n) is 5.09. The number of carbonyl (C=O) groups is 1. The molecule has 8 nitrogen and oxygen atoms in total. The molecular formula is C24H28N2O6. The first kappa shape index (κ1) is 23.0. The second-order valence-electron chi connectivity index (χ2n) is 7.16. The van der Waals surface area contributed by atoms with Gasteiger partial charge >= 0.3 is 6.09 Å². The van der Waals surface area contributed by atoms with E-state index in [0.29, 0.717) is 34.6 Å². The van der Waals surface area contributed by atoms with Crippen LogP contribution in [0, 0.1) is 0 Å². The molecule has 0 radical (unpaired) electrons. The maximum atomic E-state index is 13.3. The summed E-state index contributed by atoms with van der Waals surface area (Å²) in [6.45, 7) is 2.78. The van der Waals surface area contributed by atoms with Gasteiger partial charge in [-0.15, -0.1) is 0 Å². The minimum absolute atomic E-state index is 0.237. The fraction of sp³-hybridized carbons (Fsp3) is 0.333. The van der Waals surface area contributed by atoms with Gasteiger partial charge in [0.05, 0.1) is 39.5 Å². The highest BCUT2D eigenvalue weighted by Gasteiger charge is 2.18. The van der Waals surface area contributed by atoms with E-state index in [-0.39, 0.29) is 17.9 Å². The van der Waals surface area contributed by atoms with Gasteiger partial charge in [0.25, 0.3) is 5.56 Å². The van der Waals surface area contributed by atoms with E-state index in [1.165, 1.54) is 25.0 Å². The van der Waals surface area contributed by atoms with Crippen molar-refractivity contribution in [2.75, 3.05) is 27.9 Å². The molecule has 1 heterocycles. The Balaban J connectivity index is 2.12. The molecule has 32 heavy (non-hydrogen) atoms. The maximum Gasteiger partial charge on any atom is 0.412 e. The number of ether oxygens (including phenoxy) is 4. The first-order valence-corrected chi connectivity index (χ1v) is 10.4. The van der Waals surface area contributed by atoms with E-state index >= 15 is 0 Å². The third-order valence-corrected chi connectivity index (χ3v) is 5.09. The zero-order valence-corrected chi connectivity index (χ0v) is 18.8. The molecule has 0 aliphatic heterocycles. The Labute approximate surface area is 186 Å². The third kappa shape index (κ3) is 4.96. The lowest BCUT2D eigenvalue weighted by Gasteiger charge is -2.16. The lowest BCUT2D eigenvalue weighted by Crippen LogP contribution is -2.29. The molecule has 8 heteroatoms. The number of fused-ring (bicyclic) bond motifs is 1. The molecule has 1 N–H and O–H groups in total. The van der Waals surface area contributed by atoms with Crippen molar-refractivity contribution in [2.45, 2.75) is 26.3 Å². The van der Waals surface area contributed by atoms with Crippen molar-refractivity contribution in [3.8, 4) is 23.0 Å². The van der Waals surface area contributed by atoms with Gasteiger partial charge in [0.1, 0.15) is 5.75 Å². The van der Waals surface area contributed by atoms with Crippen LogP contribution in [-0.2, 0) is 6.54 Å². The number of rotatable bonds is 9. The number of amides is 1. The van der Waals surface area contributed by atoms with Crippen molar-refractivity contribution < 1.29 is 23.7 Å². The van der Waals surface area contributed by atoms with E-state index in [1.807, 2.05) is 31.2 Å². The molecule has 1 aromatic heterocycles. The molecule has 0 saturated carbocycles.